The lowest BCUT2D eigenvalue weighted by atomic mass is 10.2. The highest BCUT2D eigenvalue weighted by Crippen LogP contribution is 2.04. The highest BCUT2D eigenvalue weighted by Gasteiger charge is 2.12. The van der Waals surface area contributed by atoms with E-state index in [9.17, 15) is 14.4 Å². The van der Waals surface area contributed by atoms with Crippen molar-refractivity contribution >= 4 is 17.8 Å². The van der Waals surface area contributed by atoms with Gasteiger partial charge >= 0.3 is 11.9 Å². The average molecular weight is 308 g/mol. The van der Waals surface area contributed by atoms with E-state index in [0.717, 1.165) is 0 Å². The molecule has 0 radical (unpaired) electrons. The van der Waals surface area contributed by atoms with E-state index in [4.69, 9.17) is 9.47 Å². The molecule has 1 amide bonds. The number of rotatable bonds is 7. The SMILES string of the molecule is CC[C@H](C)OC(=O)CNC(=O)c1ccnc(COC(C)=O)c1. The van der Waals surface area contributed by atoms with Crippen molar-refractivity contribution in [2.75, 3.05) is 6.54 Å². The highest BCUT2D eigenvalue weighted by molar-refractivity contribution is 5.95. The van der Waals surface area contributed by atoms with E-state index in [0.29, 0.717) is 17.7 Å². The first-order valence-corrected chi connectivity index (χ1v) is 6.98. The third kappa shape index (κ3) is 6.34. The molecule has 0 aliphatic heterocycles. The Hall–Kier alpha value is -2.44. The van der Waals surface area contributed by atoms with E-state index in [1.807, 2.05) is 6.92 Å². The van der Waals surface area contributed by atoms with Gasteiger partial charge in [-0.1, -0.05) is 6.92 Å². The number of ether oxygens (including phenoxy) is 2. The van der Waals surface area contributed by atoms with Crippen LogP contribution in [0.2, 0.25) is 0 Å². The second-order valence-corrected chi connectivity index (χ2v) is 4.71. The van der Waals surface area contributed by atoms with Crippen molar-refractivity contribution in [3.05, 3.63) is 29.6 Å². The Labute approximate surface area is 129 Å². The summed E-state index contributed by atoms with van der Waals surface area (Å²) in [5.41, 5.74) is 0.776. The van der Waals surface area contributed by atoms with Gasteiger partial charge < -0.3 is 14.8 Å². The predicted octanol–water partition coefficient (Wildman–Crippen LogP) is 1.22. The number of carbonyl (C=O) groups excluding carboxylic acids is 3. The average Bonchev–Trinajstić information content (AvgIpc) is 2.50. The Morgan fingerprint density at radius 1 is 1.36 bits per heavy atom. The van der Waals surface area contributed by atoms with Crippen molar-refractivity contribution in [1.29, 1.82) is 0 Å². The lowest BCUT2D eigenvalue weighted by Crippen LogP contribution is -2.32. The Morgan fingerprint density at radius 2 is 2.09 bits per heavy atom. The molecule has 1 heterocycles. The molecule has 0 saturated carbocycles. The number of aromatic nitrogens is 1. The third-order valence-corrected chi connectivity index (χ3v) is 2.80. The van der Waals surface area contributed by atoms with Crippen molar-refractivity contribution in [3.8, 4) is 0 Å². The van der Waals surface area contributed by atoms with Gasteiger partial charge in [-0.15, -0.1) is 0 Å². The van der Waals surface area contributed by atoms with Crippen LogP contribution in [-0.4, -0.2) is 35.5 Å². The summed E-state index contributed by atoms with van der Waals surface area (Å²) < 4.78 is 9.86. The van der Waals surface area contributed by atoms with Gasteiger partial charge in [0.2, 0.25) is 0 Å². The third-order valence-electron chi connectivity index (χ3n) is 2.80. The van der Waals surface area contributed by atoms with Crippen molar-refractivity contribution in [2.45, 2.75) is 39.9 Å². The van der Waals surface area contributed by atoms with Gasteiger partial charge in [-0.25, -0.2) is 0 Å². The van der Waals surface area contributed by atoms with Crippen molar-refractivity contribution < 1.29 is 23.9 Å². The smallest absolute Gasteiger partial charge is 0.325 e. The Balaban J connectivity index is 2.53. The highest BCUT2D eigenvalue weighted by atomic mass is 16.5. The van der Waals surface area contributed by atoms with Crippen LogP contribution in [-0.2, 0) is 25.7 Å². The Kier molecular flexibility index (Phi) is 7.01. The lowest BCUT2D eigenvalue weighted by molar-refractivity contribution is -0.147. The number of nitrogens with zero attached hydrogens (tertiary/aromatic N) is 1. The summed E-state index contributed by atoms with van der Waals surface area (Å²) in [5, 5.41) is 2.47. The van der Waals surface area contributed by atoms with Crippen LogP contribution < -0.4 is 5.32 Å². The first-order chi connectivity index (χ1) is 10.4. The summed E-state index contributed by atoms with van der Waals surface area (Å²) >= 11 is 0. The lowest BCUT2D eigenvalue weighted by Gasteiger charge is -2.11. The van der Waals surface area contributed by atoms with Gasteiger partial charge in [0.1, 0.15) is 13.2 Å². The van der Waals surface area contributed by atoms with Crippen molar-refractivity contribution in [2.24, 2.45) is 0 Å². The minimum atomic E-state index is -0.489. The molecule has 22 heavy (non-hydrogen) atoms. The van der Waals surface area contributed by atoms with Gasteiger partial charge in [0.05, 0.1) is 11.8 Å². The molecule has 7 nitrogen and oxygen atoms in total. The van der Waals surface area contributed by atoms with Crippen LogP contribution in [0, 0.1) is 0 Å². The van der Waals surface area contributed by atoms with E-state index >= 15 is 0 Å². The molecule has 0 aliphatic rings. The van der Waals surface area contributed by atoms with Crippen LogP contribution in [0.4, 0.5) is 0 Å². The normalized spacial score (nSPS) is 11.4. The number of esters is 2. The fourth-order valence-corrected chi connectivity index (χ4v) is 1.48. The molecular weight excluding hydrogens is 288 g/mol. The molecule has 7 heteroatoms. The minimum absolute atomic E-state index is 0.00743. The van der Waals surface area contributed by atoms with Crippen LogP contribution in [0.25, 0.3) is 0 Å². The maximum atomic E-state index is 11.9. The zero-order valence-electron chi connectivity index (χ0n) is 12.9. The zero-order valence-corrected chi connectivity index (χ0v) is 12.9. The van der Waals surface area contributed by atoms with Gasteiger partial charge in [-0.05, 0) is 25.5 Å². The van der Waals surface area contributed by atoms with Crippen LogP contribution in [0.1, 0.15) is 43.2 Å². The maximum absolute atomic E-state index is 11.9. The first-order valence-electron chi connectivity index (χ1n) is 6.98. The topological polar surface area (TPSA) is 94.6 Å². The fourth-order valence-electron chi connectivity index (χ4n) is 1.48. The van der Waals surface area contributed by atoms with E-state index in [1.165, 1.54) is 25.3 Å². The van der Waals surface area contributed by atoms with E-state index in [1.54, 1.807) is 6.92 Å². The molecule has 1 N–H and O–H groups in total. The molecule has 1 aromatic heterocycles. The molecule has 0 aromatic carbocycles. The van der Waals surface area contributed by atoms with Gasteiger partial charge in [-0.3, -0.25) is 19.4 Å². The van der Waals surface area contributed by atoms with Gasteiger partial charge in [0, 0.05) is 18.7 Å². The molecule has 0 spiro atoms. The van der Waals surface area contributed by atoms with Crippen LogP contribution in [0.5, 0.6) is 0 Å². The monoisotopic (exact) mass is 308 g/mol. The number of nitrogens with one attached hydrogen (secondary N) is 1. The predicted molar refractivity (Wildman–Crippen MR) is 77.9 cm³/mol. The summed E-state index contributed by atoms with van der Waals surface area (Å²) in [6.07, 6.45) is 1.97. The quantitative estimate of drug-likeness (QED) is 0.761. The summed E-state index contributed by atoms with van der Waals surface area (Å²) in [7, 11) is 0. The van der Waals surface area contributed by atoms with E-state index in [-0.39, 0.29) is 19.3 Å². The second kappa shape index (κ2) is 8.76. The van der Waals surface area contributed by atoms with Crippen LogP contribution in [0.15, 0.2) is 18.3 Å². The Bertz CT molecular complexity index is 544. The number of carbonyl (C=O) groups is 3. The van der Waals surface area contributed by atoms with Crippen LogP contribution >= 0.6 is 0 Å². The first kappa shape index (κ1) is 17.6. The molecule has 1 atom stereocenters. The molecule has 1 rings (SSSR count). The van der Waals surface area contributed by atoms with E-state index < -0.39 is 17.8 Å². The maximum Gasteiger partial charge on any atom is 0.325 e. The number of hydrogen-bond acceptors (Lipinski definition) is 6. The number of hydrogen-bond donors (Lipinski definition) is 1. The number of amides is 1. The van der Waals surface area contributed by atoms with Gasteiger partial charge in [0.15, 0.2) is 0 Å². The van der Waals surface area contributed by atoms with Crippen molar-refractivity contribution in [1.82, 2.24) is 10.3 Å². The molecule has 0 bridgehead atoms. The molecule has 1 aromatic rings. The number of pyridine rings is 1. The molecular formula is C15H20N2O5. The fraction of sp³-hybridized carbons (Fsp3) is 0.467. The summed E-state index contributed by atoms with van der Waals surface area (Å²) in [6, 6.07) is 3.00. The molecule has 0 aliphatic carbocycles. The molecule has 120 valence electrons. The largest absolute Gasteiger partial charge is 0.461 e. The Morgan fingerprint density at radius 3 is 2.73 bits per heavy atom. The zero-order chi connectivity index (χ0) is 16.5. The second-order valence-electron chi connectivity index (χ2n) is 4.71. The molecule has 0 saturated heterocycles. The van der Waals surface area contributed by atoms with Crippen LogP contribution in [0.3, 0.4) is 0 Å². The molecule has 0 unspecified atom stereocenters. The van der Waals surface area contributed by atoms with Crippen molar-refractivity contribution in [3.63, 3.8) is 0 Å². The van der Waals surface area contributed by atoms with E-state index in [2.05, 4.69) is 10.3 Å². The summed E-state index contributed by atoms with van der Waals surface area (Å²) in [5.74, 6) is -1.34. The van der Waals surface area contributed by atoms with Gasteiger partial charge in [-0.2, -0.15) is 0 Å². The standard InChI is InChI=1S/C15H20N2O5/c1-4-10(2)22-14(19)8-17-15(20)12-5-6-16-13(7-12)9-21-11(3)18/h5-7,10H,4,8-9H2,1-3H3,(H,17,20)/t10-/m0/s1. The molecule has 0 fully saturated rings. The van der Waals surface area contributed by atoms with Gasteiger partial charge in [0.25, 0.3) is 5.91 Å². The summed E-state index contributed by atoms with van der Waals surface area (Å²) in [4.78, 5) is 38.2. The summed E-state index contributed by atoms with van der Waals surface area (Å²) in [6.45, 7) is 4.76. The minimum Gasteiger partial charge on any atom is -0.461 e.